The molecule has 0 aliphatic rings. The molecule has 20 heavy (non-hydrogen) atoms. The van der Waals surface area contributed by atoms with E-state index in [4.69, 9.17) is 10.6 Å². The average molecular weight is 270 g/mol. The number of benzene rings is 1. The summed E-state index contributed by atoms with van der Waals surface area (Å²) in [5.74, 6) is 6.80. The predicted octanol–water partition coefficient (Wildman–Crippen LogP) is 1.19. The van der Waals surface area contributed by atoms with Crippen molar-refractivity contribution < 1.29 is 4.74 Å². The van der Waals surface area contributed by atoms with Crippen LogP contribution in [0.25, 0.3) is 11.0 Å². The first-order valence-corrected chi connectivity index (χ1v) is 6.19. The predicted molar refractivity (Wildman–Crippen MR) is 75.1 cm³/mol. The maximum absolute atomic E-state index is 5.64. The SMILES string of the molecule is NNc1ncnc2c1cnn2CCOc1ccccc1. The molecule has 2 heterocycles. The number of nitrogens with zero attached hydrogens (tertiary/aromatic N) is 4. The molecular formula is C13H14N6O. The smallest absolute Gasteiger partial charge is 0.163 e. The number of ether oxygens (including phenoxy) is 1. The molecule has 3 rings (SSSR count). The van der Waals surface area contributed by atoms with Crippen LogP contribution in [0.3, 0.4) is 0 Å². The molecule has 7 nitrogen and oxygen atoms in total. The molecule has 0 saturated heterocycles. The lowest BCUT2D eigenvalue weighted by atomic mass is 10.3. The molecule has 102 valence electrons. The first kappa shape index (κ1) is 12.4. The van der Waals surface area contributed by atoms with Crippen molar-refractivity contribution in [3.05, 3.63) is 42.9 Å². The molecule has 0 saturated carbocycles. The number of fused-ring (bicyclic) bond motifs is 1. The van der Waals surface area contributed by atoms with E-state index in [-0.39, 0.29) is 0 Å². The molecule has 3 aromatic rings. The topological polar surface area (TPSA) is 90.9 Å². The molecule has 0 amide bonds. The lowest BCUT2D eigenvalue weighted by Gasteiger charge is -2.06. The van der Waals surface area contributed by atoms with Crippen LogP contribution < -0.4 is 16.0 Å². The second-order valence-electron chi connectivity index (χ2n) is 4.13. The first-order chi connectivity index (χ1) is 9.88. The highest BCUT2D eigenvalue weighted by atomic mass is 16.5. The molecule has 0 atom stereocenters. The standard InChI is InChI=1S/C13H14N6O/c14-18-12-11-8-17-19(13(11)16-9-15-12)6-7-20-10-4-2-1-3-5-10/h1-5,8-9H,6-7,14H2,(H,15,16,18). The van der Waals surface area contributed by atoms with E-state index < -0.39 is 0 Å². The van der Waals surface area contributed by atoms with Gasteiger partial charge in [-0.25, -0.2) is 20.5 Å². The Morgan fingerprint density at radius 2 is 2.05 bits per heavy atom. The van der Waals surface area contributed by atoms with Gasteiger partial charge in [0.25, 0.3) is 0 Å². The van der Waals surface area contributed by atoms with Gasteiger partial charge in [0.1, 0.15) is 18.7 Å². The zero-order valence-electron chi connectivity index (χ0n) is 10.7. The van der Waals surface area contributed by atoms with Crippen LogP contribution in [0.4, 0.5) is 5.82 Å². The van der Waals surface area contributed by atoms with Crippen LogP contribution in [0.5, 0.6) is 5.75 Å². The maximum atomic E-state index is 5.64. The van der Waals surface area contributed by atoms with Crippen molar-refractivity contribution in [3.8, 4) is 5.75 Å². The Hall–Kier alpha value is -2.67. The third kappa shape index (κ3) is 2.39. The van der Waals surface area contributed by atoms with Crippen molar-refractivity contribution in [1.29, 1.82) is 0 Å². The van der Waals surface area contributed by atoms with Crippen LogP contribution in [0.15, 0.2) is 42.9 Å². The molecule has 2 aromatic heterocycles. The molecule has 0 bridgehead atoms. The normalized spacial score (nSPS) is 10.7. The molecule has 0 aliphatic carbocycles. The summed E-state index contributed by atoms with van der Waals surface area (Å²) in [5.41, 5.74) is 3.26. The molecule has 3 N–H and O–H groups in total. The van der Waals surface area contributed by atoms with Crippen molar-refractivity contribution in [1.82, 2.24) is 19.7 Å². The van der Waals surface area contributed by atoms with E-state index >= 15 is 0 Å². The quantitative estimate of drug-likeness (QED) is 0.534. The molecule has 1 aromatic carbocycles. The monoisotopic (exact) mass is 270 g/mol. The van der Waals surface area contributed by atoms with Crippen molar-refractivity contribution in [3.63, 3.8) is 0 Å². The number of anilines is 1. The maximum Gasteiger partial charge on any atom is 0.163 e. The van der Waals surface area contributed by atoms with Crippen LogP contribution in [-0.4, -0.2) is 26.4 Å². The van der Waals surface area contributed by atoms with E-state index in [1.165, 1.54) is 6.33 Å². The fraction of sp³-hybridized carbons (Fsp3) is 0.154. The van der Waals surface area contributed by atoms with Crippen LogP contribution in [0, 0.1) is 0 Å². The summed E-state index contributed by atoms with van der Waals surface area (Å²) in [6.07, 6.45) is 3.14. The molecular weight excluding hydrogens is 256 g/mol. The summed E-state index contributed by atoms with van der Waals surface area (Å²) in [6, 6.07) is 9.65. The Bertz CT molecular complexity index is 696. The summed E-state index contributed by atoms with van der Waals surface area (Å²) in [7, 11) is 0. The van der Waals surface area contributed by atoms with Gasteiger partial charge >= 0.3 is 0 Å². The van der Waals surface area contributed by atoms with Gasteiger partial charge in [-0.3, -0.25) is 0 Å². The number of hydrazine groups is 1. The van der Waals surface area contributed by atoms with E-state index in [0.717, 1.165) is 16.8 Å². The molecule has 7 heteroatoms. The third-order valence-electron chi connectivity index (χ3n) is 2.89. The highest BCUT2D eigenvalue weighted by Gasteiger charge is 2.08. The molecule has 0 aliphatic heterocycles. The average Bonchev–Trinajstić information content (AvgIpc) is 2.92. The minimum atomic E-state index is 0.510. The van der Waals surface area contributed by atoms with Crippen molar-refractivity contribution >= 4 is 16.9 Å². The Balaban J connectivity index is 1.72. The van der Waals surface area contributed by atoms with Gasteiger partial charge in [0.2, 0.25) is 0 Å². The minimum Gasteiger partial charge on any atom is -0.492 e. The van der Waals surface area contributed by atoms with Crippen molar-refractivity contribution in [2.75, 3.05) is 12.0 Å². The summed E-state index contributed by atoms with van der Waals surface area (Å²) < 4.78 is 7.40. The van der Waals surface area contributed by atoms with Crippen LogP contribution in [-0.2, 0) is 6.54 Å². The van der Waals surface area contributed by atoms with Gasteiger partial charge in [-0.1, -0.05) is 18.2 Å². The fourth-order valence-electron chi connectivity index (χ4n) is 1.94. The van der Waals surface area contributed by atoms with E-state index in [0.29, 0.717) is 19.0 Å². The second kappa shape index (κ2) is 5.54. The largest absolute Gasteiger partial charge is 0.492 e. The van der Waals surface area contributed by atoms with Crippen molar-refractivity contribution in [2.45, 2.75) is 6.54 Å². The van der Waals surface area contributed by atoms with Gasteiger partial charge < -0.3 is 10.2 Å². The third-order valence-corrected chi connectivity index (χ3v) is 2.89. The number of nitrogen functional groups attached to an aromatic ring is 1. The number of hydrogen-bond donors (Lipinski definition) is 2. The van der Waals surface area contributed by atoms with Gasteiger partial charge in [0.05, 0.1) is 18.1 Å². The van der Waals surface area contributed by atoms with Crippen LogP contribution in [0.1, 0.15) is 0 Å². The lowest BCUT2D eigenvalue weighted by molar-refractivity contribution is 0.293. The second-order valence-corrected chi connectivity index (χ2v) is 4.13. The highest BCUT2D eigenvalue weighted by Crippen LogP contribution is 2.17. The van der Waals surface area contributed by atoms with Gasteiger partial charge in [0.15, 0.2) is 11.5 Å². The van der Waals surface area contributed by atoms with Gasteiger partial charge in [-0.2, -0.15) is 5.10 Å². The van der Waals surface area contributed by atoms with Crippen LogP contribution in [0.2, 0.25) is 0 Å². The number of nitrogens with one attached hydrogen (secondary N) is 1. The lowest BCUT2D eigenvalue weighted by Crippen LogP contribution is -2.11. The zero-order valence-corrected chi connectivity index (χ0v) is 10.7. The van der Waals surface area contributed by atoms with E-state index in [1.807, 2.05) is 30.3 Å². The van der Waals surface area contributed by atoms with E-state index in [2.05, 4.69) is 20.5 Å². The molecule has 0 unspecified atom stereocenters. The summed E-state index contributed by atoms with van der Waals surface area (Å²) in [6.45, 7) is 1.11. The van der Waals surface area contributed by atoms with Gasteiger partial charge in [-0.15, -0.1) is 0 Å². The van der Waals surface area contributed by atoms with Crippen LogP contribution >= 0.6 is 0 Å². The Morgan fingerprint density at radius 1 is 1.20 bits per heavy atom. The number of para-hydroxylation sites is 1. The summed E-state index contributed by atoms with van der Waals surface area (Å²) >= 11 is 0. The number of rotatable bonds is 5. The van der Waals surface area contributed by atoms with E-state index in [1.54, 1.807) is 10.9 Å². The number of hydrogen-bond acceptors (Lipinski definition) is 6. The molecule has 0 fully saturated rings. The van der Waals surface area contributed by atoms with Gasteiger partial charge in [0, 0.05) is 0 Å². The Kier molecular flexibility index (Phi) is 3.42. The summed E-state index contributed by atoms with van der Waals surface area (Å²) in [4.78, 5) is 8.25. The fourth-order valence-corrected chi connectivity index (χ4v) is 1.94. The number of aromatic nitrogens is 4. The van der Waals surface area contributed by atoms with Gasteiger partial charge in [-0.05, 0) is 12.1 Å². The van der Waals surface area contributed by atoms with Crippen molar-refractivity contribution in [2.24, 2.45) is 5.84 Å². The molecule has 0 radical (unpaired) electrons. The van der Waals surface area contributed by atoms with E-state index in [9.17, 15) is 0 Å². The zero-order chi connectivity index (χ0) is 13.8. The molecule has 0 spiro atoms. The first-order valence-electron chi connectivity index (χ1n) is 6.19. The Morgan fingerprint density at radius 3 is 2.85 bits per heavy atom. The number of nitrogens with two attached hydrogens (primary N) is 1. The highest BCUT2D eigenvalue weighted by molar-refractivity contribution is 5.85. The minimum absolute atomic E-state index is 0.510. The Labute approximate surface area is 115 Å². The summed E-state index contributed by atoms with van der Waals surface area (Å²) in [5, 5.41) is 5.06.